The Bertz CT molecular complexity index is 429. The van der Waals surface area contributed by atoms with Crippen LogP contribution in [0.15, 0.2) is 6.20 Å². The number of hydrogen-bond donors (Lipinski definition) is 2. The van der Waals surface area contributed by atoms with Crippen molar-refractivity contribution in [1.29, 1.82) is 0 Å². The van der Waals surface area contributed by atoms with Gasteiger partial charge in [0, 0.05) is 26.2 Å². The first kappa shape index (κ1) is 14.9. The first-order chi connectivity index (χ1) is 9.66. The van der Waals surface area contributed by atoms with Crippen LogP contribution in [0, 0.1) is 0 Å². The molecule has 8 nitrogen and oxygen atoms in total. The lowest BCUT2D eigenvalue weighted by Crippen LogP contribution is -2.43. The summed E-state index contributed by atoms with van der Waals surface area (Å²) in [5.41, 5.74) is 0.352. The Morgan fingerprint density at radius 1 is 1.55 bits per heavy atom. The molecule has 0 saturated carbocycles. The van der Waals surface area contributed by atoms with Crippen LogP contribution in [0.3, 0.4) is 0 Å². The van der Waals surface area contributed by atoms with E-state index in [4.69, 9.17) is 4.74 Å². The van der Waals surface area contributed by atoms with Crippen molar-refractivity contribution in [2.24, 2.45) is 0 Å². The maximum absolute atomic E-state index is 11.8. The number of amides is 1. The average molecular weight is 282 g/mol. The molecule has 1 amide bonds. The van der Waals surface area contributed by atoms with Gasteiger partial charge in [-0.1, -0.05) is 5.21 Å². The van der Waals surface area contributed by atoms with Crippen molar-refractivity contribution in [3.05, 3.63) is 11.9 Å². The van der Waals surface area contributed by atoms with E-state index in [-0.39, 0.29) is 5.91 Å². The number of aromatic nitrogens is 3. The molecule has 1 fully saturated rings. The van der Waals surface area contributed by atoms with Crippen LogP contribution in [0.5, 0.6) is 0 Å². The topological polar surface area (TPSA) is 84.3 Å². The molecular weight excluding hydrogens is 260 g/mol. The minimum Gasteiger partial charge on any atom is -0.378 e. The molecule has 1 aliphatic rings. The highest BCUT2D eigenvalue weighted by molar-refractivity contribution is 5.91. The van der Waals surface area contributed by atoms with Gasteiger partial charge < -0.3 is 20.3 Å². The maximum Gasteiger partial charge on any atom is 0.273 e. The zero-order chi connectivity index (χ0) is 14.4. The van der Waals surface area contributed by atoms with Crippen molar-refractivity contribution < 1.29 is 9.53 Å². The molecule has 0 bridgehead atoms. The summed E-state index contributed by atoms with van der Waals surface area (Å²) in [6.45, 7) is 4.27. The fourth-order valence-corrected chi connectivity index (χ4v) is 1.70. The molecule has 0 aromatic carbocycles. The molecule has 1 aromatic heterocycles. The Hall–Kier alpha value is -1.51. The molecule has 0 spiro atoms. The summed E-state index contributed by atoms with van der Waals surface area (Å²) in [4.78, 5) is 13.9. The standard InChI is InChI=1S/C12H22N6O2/c1-17(2)4-6-20-5-3-14-12(19)11-9-18(16-15-11)10-7-13-8-10/h9-10,13H,3-8H2,1-2H3,(H,14,19). The molecule has 0 unspecified atom stereocenters. The highest BCUT2D eigenvalue weighted by Crippen LogP contribution is 2.09. The first-order valence-corrected chi connectivity index (χ1v) is 6.80. The number of ether oxygens (including phenoxy) is 1. The second-order valence-electron chi connectivity index (χ2n) is 5.07. The second kappa shape index (κ2) is 7.32. The van der Waals surface area contributed by atoms with E-state index in [2.05, 4.69) is 20.9 Å². The Morgan fingerprint density at radius 3 is 3.00 bits per heavy atom. The summed E-state index contributed by atoms with van der Waals surface area (Å²) in [6.07, 6.45) is 1.69. The predicted molar refractivity (Wildman–Crippen MR) is 73.6 cm³/mol. The highest BCUT2D eigenvalue weighted by atomic mass is 16.5. The van der Waals surface area contributed by atoms with E-state index in [0.29, 0.717) is 31.5 Å². The zero-order valence-electron chi connectivity index (χ0n) is 12.0. The molecule has 112 valence electrons. The van der Waals surface area contributed by atoms with Crippen molar-refractivity contribution in [1.82, 2.24) is 30.5 Å². The molecule has 2 rings (SSSR count). The van der Waals surface area contributed by atoms with Gasteiger partial charge in [-0.05, 0) is 14.1 Å². The molecule has 20 heavy (non-hydrogen) atoms. The van der Waals surface area contributed by atoms with Gasteiger partial charge in [-0.3, -0.25) is 4.79 Å². The van der Waals surface area contributed by atoms with E-state index in [1.165, 1.54) is 0 Å². The zero-order valence-corrected chi connectivity index (χ0v) is 12.0. The largest absolute Gasteiger partial charge is 0.378 e. The van der Waals surface area contributed by atoms with Gasteiger partial charge >= 0.3 is 0 Å². The van der Waals surface area contributed by atoms with Crippen LogP contribution in [0.1, 0.15) is 16.5 Å². The molecule has 0 radical (unpaired) electrons. The molecule has 2 heterocycles. The monoisotopic (exact) mass is 282 g/mol. The van der Waals surface area contributed by atoms with Crippen molar-refractivity contribution in [2.75, 3.05) is 53.5 Å². The van der Waals surface area contributed by atoms with Crippen LogP contribution in [0.2, 0.25) is 0 Å². The van der Waals surface area contributed by atoms with Gasteiger partial charge in [0.05, 0.1) is 25.5 Å². The molecule has 1 aliphatic heterocycles. The van der Waals surface area contributed by atoms with Gasteiger partial charge in [0.2, 0.25) is 0 Å². The van der Waals surface area contributed by atoms with Gasteiger partial charge in [-0.25, -0.2) is 4.68 Å². The molecule has 2 N–H and O–H groups in total. The fraction of sp³-hybridized carbons (Fsp3) is 0.750. The number of rotatable bonds is 8. The van der Waals surface area contributed by atoms with Gasteiger partial charge in [-0.15, -0.1) is 5.10 Å². The lowest BCUT2D eigenvalue weighted by atomic mass is 10.2. The summed E-state index contributed by atoms with van der Waals surface area (Å²) in [7, 11) is 3.98. The smallest absolute Gasteiger partial charge is 0.273 e. The van der Waals surface area contributed by atoms with Crippen LogP contribution < -0.4 is 10.6 Å². The lowest BCUT2D eigenvalue weighted by Gasteiger charge is -2.26. The van der Waals surface area contributed by atoms with Crippen molar-refractivity contribution >= 4 is 5.91 Å². The van der Waals surface area contributed by atoms with Crippen LogP contribution in [-0.4, -0.2) is 79.3 Å². The third-order valence-electron chi connectivity index (χ3n) is 3.09. The Kier molecular flexibility index (Phi) is 5.45. The predicted octanol–water partition coefficient (Wildman–Crippen LogP) is -1.27. The third-order valence-corrected chi connectivity index (χ3v) is 3.09. The van der Waals surface area contributed by atoms with E-state index in [1.807, 2.05) is 19.0 Å². The lowest BCUT2D eigenvalue weighted by molar-refractivity contribution is 0.0895. The Morgan fingerprint density at radius 2 is 2.35 bits per heavy atom. The summed E-state index contributed by atoms with van der Waals surface area (Å²) in [6, 6.07) is 0.318. The van der Waals surface area contributed by atoms with Gasteiger partial charge in [0.25, 0.3) is 5.91 Å². The van der Waals surface area contributed by atoms with Crippen LogP contribution in [0.25, 0.3) is 0 Å². The SMILES string of the molecule is CN(C)CCOCCNC(=O)c1cn(C2CNC2)nn1. The molecular formula is C12H22N6O2. The average Bonchev–Trinajstić information content (AvgIpc) is 2.80. The summed E-state index contributed by atoms with van der Waals surface area (Å²) in [5.74, 6) is -0.209. The van der Waals surface area contributed by atoms with Crippen molar-refractivity contribution in [3.8, 4) is 0 Å². The van der Waals surface area contributed by atoms with Crippen LogP contribution in [0.4, 0.5) is 0 Å². The minimum atomic E-state index is -0.209. The number of carbonyl (C=O) groups excluding carboxylic acids is 1. The molecule has 1 saturated heterocycles. The van der Waals surface area contributed by atoms with Crippen molar-refractivity contribution in [3.63, 3.8) is 0 Å². The maximum atomic E-state index is 11.8. The van der Waals surface area contributed by atoms with E-state index < -0.39 is 0 Å². The molecule has 0 aliphatic carbocycles. The third kappa shape index (κ3) is 4.26. The first-order valence-electron chi connectivity index (χ1n) is 6.80. The van der Waals surface area contributed by atoms with Crippen LogP contribution in [-0.2, 0) is 4.74 Å². The summed E-state index contributed by atoms with van der Waals surface area (Å²) in [5, 5.41) is 13.8. The number of nitrogens with zero attached hydrogens (tertiary/aromatic N) is 4. The van der Waals surface area contributed by atoms with Gasteiger partial charge in [-0.2, -0.15) is 0 Å². The fourth-order valence-electron chi connectivity index (χ4n) is 1.70. The summed E-state index contributed by atoms with van der Waals surface area (Å²) < 4.78 is 7.13. The normalized spacial score (nSPS) is 15.3. The number of hydrogen-bond acceptors (Lipinski definition) is 6. The molecule has 8 heteroatoms. The van der Waals surface area contributed by atoms with E-state index >= 15 is 0 Å². The summed E-state index contributed by atoms with van der Waals surface area (Å²) >= 11 is 0. The number of carbonyl (C=O) groups is 1. The van der Waals surface area contributed by atoms with E-state index in [9.17, 15) is 4.79 Å². The number of nitrogens with one attached hydrogen (secondary N) is 2. The van der Waals surface area contributed by atoms with Crippen molar-refractivity contribution in [2.45, 2.75) is 6.04 Å². The Labute approximate surface area is 118 Å². The quantitative estimate of drug-likeness (QED) is 0.578. The Balaban J connectivity index is 1.63. The van der Waals surface area contributed by atoms with Gasteiger partial charge in [0.1, 0.15) is 0 Å². The second-order valence-corrected chi connectivity index (χ2v) is 5.07. The minimum absolute atomic E-state index is 0.209. The van der Waals surface area contributed by atoms with E-state index in [0.717, 1.165) is 19.6 Å². The van der Waals surface area contributed by atoms with Gasteiger partial charge in [0.15, 0.2) is 5.69 Å². The number of likely N-dealkylation sites (N-methyl/N-ethyl adjacent to an activating group) is 1. The van der Waals surface area contributed by atoms with E-state index in [1.54, 1.807) is 10.9 Å². The van der Waals surface area contributed by atoms with Crippen LogP contribution >= 0.6 is 0 Å². The molecule has 0 atom stereocenters. The highest BCUT2D eigenvalue weighted by Gasteiger charge is 2.21. The molecule has 1 aromatic rings.